The maximum Gasteiger partial charge on any atom is 0.407 e. The predicted octanol–water partition coefficient (Wildman–Crippen LogP) is 3.41. The molecule has 0 saturated carbocycles. The van der Waals surface area contributed by atoms with E-state index in [1.54, 1.807) is 26.2 Å². The molecular weight excluding hydrogens is 356 g/mol. The molecule has 8 heteroatoms. The molecule has 2 rings (SSSR count). The number of carbonyl (C=O) groups excluding carboxylic acids is 1. The average Bonchev–Trinajstić information content (AvgIpc) is 2.61. The highest BCUT2D eigenvalue weighted by molar-refractivity contribution is 6.32. The molecule has 0 spiro atoms. The SMILES string of the molecule is CN(C)C(=O)c1ccc(NCCCCC2CCN(C(=O)O)CC2)nc1Cl. The van der Waals surface area contributed by atoms with Crippen LogP contribution in [0.4, 0.5) is 10.6 Å². The summed E-state index contributed by atoms with van der Waals surface area (Å²) in [5, 5.41) is 12.4. The molecule has 1 aromatic rings. The summed E-state index contributed by atoms with van der Waals surface area (Å²) in [6, 6.07) is 3.46. The van der Waals surface area contributed by atoms with Crippen LogP contribution in [0.1, 0.15) is 42.5 Å². The van der Waals surface area contributed by atoms with E-state index < -0.39 is 6.09 Å². The van der Waals surface area contributed by atoms with E-state index in [0.29, 0.717) is 30.4 Å². The Hall–Kier alpha value is -2.02. The van der Waals surface area contributed by atoms with Crippen molar-refractivity contribution in [3.63, 3.8) is 0 Å². The number of nitrogens with zero attached hydrogens (tertiary/aromatic N) is 3. The number of carboxylic acid groups (broad SMARTS) is 1. The van der Waals surface area contributed by atoms with E-state index in [0.717, 1.165) is 38.6 Å². The van der Waals surface area contributed by atoms with E-state index in [2.05, 4.69) is 10.3 Å². The number of amides is 2. The maximum atomic E-state index is 11.9. The lowest BCUT2D eigenvalue weighted by Gasteiger charge is -2.29. The fourth-order valence-electron chi connectivity index (χ4n) is 3.12. The Morgan fingerprint density at radius 1 is 1.31 bits per heavy atom. The van der Waals surface area contributed by atoms with Gasteiger partial charge in [0.25, 0.3) is 5.91 Å². The van der Waals surface area contributed by atoms with Gasteiger partial charge in [0, 0.05) is 33.7 Å². The smallest absolute Gasteiger partial charge is 0.407 e. The molecule has 26 heavy (non-hydrogen) atoms. The van der Waals surface area contributed by atoms with Crippen LogP contribution in [-0.4, -0.2) is 65.6 Å². The summed E-state index contributed by atoms with van der Waals surface area (Å²) in [4.78, 5) is 30.0. The molecule has 0 unspecified atom stereocenters. The second-order valence-corrected chi connectivity index (χ2v) is 7.23. The molecule has 0 atom stereocenters. The van der Waals surface area contributed by atoms with Crippen LogP contribution in [0.5, 0.6) is 0 Å². The fraction of sp³-hybridized carbons (Fsp3) is 0.611. The summed E-state index contributed by atoms with van der Waals surface area (Å²) in [7, 11) is 3.35. The first-order valence-corrected chi connectivity index (χ1v) is 9.36. The van der Waals surface area contributed by atoms with Crippen molar-refractivity contribution < 1.29 is 14.7 Å². The molecule has 1 aromatic heterocycles. The predicted molar refractivity (Wildman–Crippen MR) is 102 cm³/mol. The number of hydrogen-bond donors (Lipinski definition) is 2. The number of anilines is 1. The third-order valence-electron chi connectivity index (χ3n) is 4.72. The lowest BCUT2D eigenvalue weighted by molar-refractivity contribution is 0.0827. The van der Waals surface area contributed by atoms with Crippen LogP contribution in [0.25, 0.3) is 0 Å². The van der Waals surface area contributed by atoms with Gasteiger partial charge in [-0.3, -0.25) is 4.79 Å². The fourth-order valence-corrected chi connectivity index (χ4v) is 3.36. The van der Waals surface area contributed by atoms with Crippen LogP contribution in [-0.2, 0) is 0 Å². The molecule has 1 fully saturated rings. The van der Waals surface area contributed by atoms with Gasteiger partial charge in [-0.2, -0.15) is 0 Å². The maximum absolute atomic E-state index is 11.9. The van der Waals surface area contributed by atoms with Crippen LogP contribution >= 0.6 is 11.6 Å². The number of unbranched alkanes of at least 4 members (excludes halogenated alkanes) is 1. The van der Waals surface area contributed by atoms with E-state index >= 15 is 0 Å². The van der Waals surface area contributed by atoms with Crippen molar-refractivity contribution in [2.45, 2.75) is 32.1 Å². The van der Waals surface area contributed by atoms with E-state index in [4.69, 9.17) is 16.7 Å². The molecule has 7 nitrogen and oxygen atoms in total. The zero-order chi connectivity index (χ0) is 19.1. The Bertz CT molecular complexity index is 631. The normalized spacial score (nSPS) is 15.0. The number of aromatic nitrogens is 1. The molecule has 144 valence electrons. The van der Waals surface area contributed by atoms with Gasteiger partial charge >= 0.3 is 6.09 Å². The number of carbonyl (C=O) groups is 2. The van der Waals surface area contributed by atoms with Gasteiger partial charge in [0.05, 0.1) is 5.56 Å². The summed E-state index contributed by atoms with van der Waals surface area (Å²) in [5.74, 6) is 1.12. The van der Waals surface area contributed by atoms with Crippen molar-refractivity contribution in [3.05, 3.63) is 22.8 Å². The summed E-state index contributed by atoms with van der Waals surface area (Å²) in [5.41, 5.74) is 0.398. The molecule has 0 radical (unpaired) electrons. The van der Waals surface area contributed by atoms with Crippen molar-refractivity contribution >= 4 is 29.4 Å². The van der Waals surface area contributed by atoms with Gasteiger partial charge in [0.15, 0.2) is 0 Å². The van der Waals surface area contributed by atoms with Gasteiger partial charge < -0.3 is 20.2 Å². The van der Waals surface area contributed by atoms with Gasteiger partial charge in [0.2, 0.25) is 0 Å². The van der Waals surface area contributed by atoms with Crippen LogP contribution in [0.3, 0.4) is 0 Å². The molecule has 2 amide bonds. The number of hydrogen-bond acceptors (Lipinski definition) is 4. The highest BCUT2D eigenvalue weighted by Gasteiger charge is 2.21. The van der Waals surface area contributed by atoms with E-state index in [-0.39, 0.29) is 11.1 Å². The quantitative estimate of drug-likeness (QED) is 0.557. The highest BCUT2D eigenvalue weighted by Crippen LogP contribution is 2.23. The van der Waals surface area contributed by atoms with E-state index in [1.165, 1.54) is 9.80 Å². The van der Waals surface area contributed by atoms with Crippen LogP contribution in [0.15, 0.2) is 12.1 Å². The number of piperidine rings is 1. The summed E-state index contributed by atoms with van der Waals surface area (Å²) >= 11 is 6.10. The molecule has 0 aromatic carbocycles. The van der Waals surface area contributed by atoms with Crippen LogP contribution < -0.4 is 5.32 Å². The Morgan fingerprint density at radius 3 is 2.58 bits per heavy atom. The van der Waals surface area contributed by atoms with Crippen LogP contribution in [0, 0.1) is 5.92 Å². The third kappa shape index (κ3) is 5.76. The van der Waals surface area contributed by atoms with Crippen molar-refractivity contribution in [3.8, 4) is 0 Å². The van der Waals surface area contributed by atoms with Crippen molar-refractivity contribution in [2.75, 3.05) is 39.0 Å². The summed E-state index contributed by atoms with van der Waals surface area (Å²) in [6.45, 7) is 2.09. The minimum Gasteiger partial charge on any atom is -0.465 e. The molecule has 1 saturated heterocycles. The number of pyridine rings is 1. The van der Waals surface area contributed by atoms with Gasteiger partial charge in [-0.05, 0) is 37.3 Å². The average molecular weight is 383 g/mol. The Labute approximate surface area is 159 Å². The molecule has 1 aliphatic heterocycles. The second kappa shape index (κ2) is 9.62. The third-order valence-corrected chi connectivity index (χ3v) is 5.00. The zero-order valence-electron chi connectivity index (χ0n) is 15.4. The van der Waals surface area contributed by atoms with Crippen LogP contribution in [0.2, 0.25) is 5.15 Å². The summed E-state index contributed by atoms with van der Waals surface area (Å²) < 4.78 is 0. The van der Waals surface area contributed by atoms with Crippen molar-refractivity contribution in [1.82, 2.24) is 14.8 Å². The number of nitrogens with one attached hydrogen (secondary N) is 1. The zero-order valence-corrected chi connectivity index (χ0v) is 16.1. The summed E-state index contributed by atoms with van der Waals surface area (Å²) in [6.07, 6.45) is 4.33. The topological polar surface area (TPSA) is 85.8 Å². The Balaban J connectivity index is 1.67. The van der Waals surface area contributed by atoms with E-state index in [9.17, 15) is 9.59 Å². The first-order chi connectivity index (χ1) is 12.4. The molecule has 1 aliphatic rings. The molecule has 2 N–H and O–H groups in total. The van der Waals surface area contributed by atoms with Crippen molar-refractivity contribution in [1.29, 1.82) is 0 Å². The monoisotopic (exact) mass is 382 g/mol. The molecule has 2 heterocycles. The van der Waals surface area contributed by atoms with Gasteiger partial charge in [-0.1, -0.05) is 24.4 Å². The minimum absolute atomic E-state index is 0.164. The van der Waals surface area contributed by atoms with E-state index in [1.807, 2.05) is 0 Å². The van der Waals surface area contributed by atoms with Gasteiger partial charge in [-0.25, -0.2) is 9.78 Å². The minimum atomic E-state index is -0.808. The standard InChI is InChI=1S/C18H27ClN4O3/c1-22(2)17(24)14-6-7-15(21-16(14)19)20-10-4-3-5-13-8-11-23(12-9-13)18(25)26/h6-7,13H,3-5,8-12H2,1-2H3,(H,20,21)(H,25,26). The lowest BCUT2D eigenvalue weighted by Crippen LogP contribution is -2.37. The van der Waals surface area contributed by atoms with Crippen molar-refractivity contribution in [2.24, 2.45) is 5.92 Å². The Kier molecular flexibility index (Phi) is 7.50. The number of halogens is 1. The first-order valence-electron chi connectivity index (χ1n) is 8.98. The first kappa shape index (κ1) is 20.3. The van der Waals surface area contributed by atoms with Gasteiger partial charge in [0.1, 0.15) is 11.0 Å². The number of rotatable bonds is 7. The second-order valence-electron chi connectivity index (χ2n) is 6.87. The highest BCUT2D eigenvalue weighted by atomic mass is 35.5. The molecule has 0 aliphatic carbocycles. The molecular formula is C18H27ClN4O3. The number of likely N-dealkylation sites (tertiary alicyclic amines) is 1. The molecule has 0 bridgehead atoms. The largest absolute Gasteiger partial charge is 0.465 e. The Morgan fingerprint density at radius 2 is 2.00 bits per heavy atom. The lowest BCUT2D eigenvalue weighted by atomic mass is 9.92. The van der Waals surface area contributed by atoms with Gasteiger partial charge in [-0.15, -0.1) is 0 Å².